The second-order valence-corrected chi connectivity index (χ2v) is 6.12. The van der Waals surface area contributed by atoms with Crippen molar-refractivity contribution >= 4 is 23.2 Å². The predicted molar refractivity (Wildman–Crippen MR) is 109 cm³/mol. The highest BCUT2D eigenvalue weighted by Gasteiger charge is 2.12. The Labute approximate surface area is 163 Å². The second-order valence-electron chi connectivity index (χ2n) is 6.12. The molecule has 1 heterocycles. The van der Waals surface area contributed by atoms with Crippen molar-refractivity contribution in [1.82, 2.24) is 4.98 Å². The number of hydrogen-bond donors (Lipinski definition) is 2. The van der Waals surface area contributed by atoms with Crippen LogP contribution >= 0.6 is 0 Å². The molecule has 0 saturated heterocycles. The number of aryl methyl sites for hydroxylation is 1. The van der Waals surface area contributed by atoms with E-state index in [9.17, 15) is 9.59 Å². The molecule has 28 heavy (non-hydrogen) atoms. The summed E-state index contributed by atoms with van der Waals surface area (Å²) in [5.74, 6) is 0.00472. The molecule has 0 aliphatic carbocycles. The molecule has 142 valence electrons. The number of benzene rings is 2. The largest absolute Gasteiger partial charge is 0.497 e. The molecule has 0 spiro atoms. The van der Waals surface area contributed by atoms with E-state index in [1.165, 1.54) is 17.8 Å². The van der Waals surface area contributed by atoms with Crippen molar-refractivity contribution in [3.63, 3.8) is 0 Å². The number of nitrogens with zero attached hydrogens (tertiary/aromatic N) is 1. The van der Waals surface area contributed by atoms with Crippen molar-refractivity contribution in [1.29, 1.82) is 0 Å². The number of amides is 2. The van der Waals surface area contributed by atoms with E-state index in [-0.39, 0.29) is 17.5 Å². The van der Waals surface area contributed by atoms with Gasteiger partial charge >= 0.3 is 0 Å². The molecular weight excluding hydrogens is 354 g/mol. The molecular formula is C22H21N3O3. The Kier molecular flexibility index (Phi) is 6.01. The summed E-state index contributed by atoms with van der Waals surface area (Å²) in [6.07, 6.45) is 2.37. The van der Waals surface area contributed by atoms with Crippen molar-refractivity contribution < 1.29 is 14.3 Å². The van der Waals surface area contributed by atoms with Crippen molar-refractivity contribution in [2.45, 2.75) is 13.3 Å². The number of ether oxygens (including phenoxy) is 1. The number of rotatable bonds is 6. The molecule has 0 aliphatic rings. The van der Waals surface area contributed by atoms with Gasteiger partial charge in [-0.1, -0.05) is 19.1 Å². The van der Waals surface area contributed by atoms with E-state index in [1.54, 1.807) is 37.4 Å². The summed E-state index contributed by atoms with van der Waals surface area (Å²) in [6, 6.07) is 17.6. The van der Waals surface area contributed by atoms with E-state index in [2.05, 4.69) is 22.5 Å². The van der Waals surface area contributed by atoms with Crippen LogP contribution in [0.5, 0.6) is 5.75 Å². The molecule has 3 aromatic rings. The zero-order chi connectivity index (χ0) is 19.9. The molecule has 3 rings (SSSR count). The van der Waals surface area contributed by atoms with Crippen LogP contribution in [0.4, 0.5) is 11.4 Å². The lowest BCUT2D eigenvalue weighted by atomic mass is 10.1. The Morgan fingerprint density at radius 3 is 2.11 bits per heavy atom. The number of nitrogens with one attached hydrogen (secondary N) is 2. The Balaban J connectivity index is 1.69. The summed E-state index contributed by atoms with van der Waals surface area (Å²) < 4.78 is 5.10. The van der Waals surface area contributed by atoms with Gasteiger partial charge in [-0.15, -0.1) is 0 Å². The average Bonchev–Trinajstić information content (AvgIpc) is 2.75. The van der Waals surface area contributed by atoms with Crippen LogP contribution < -0.4 is 15.4 Å². The normalized spacial score (nSPS) is 10.2. The third-order valence-corrected chi connectivity index (χ3v) is 4.22. The molecule has 2 amide bonds. The summed E-state index contributed by atoms with van der Waals surface area (Å²) >= 11 is 0. The van der Waals surface area contributed by atoms with Gasteiger partial charge in [0, 0.05) is 23.1 Å². The summed E-state index contributed by atoms with van der Waals surface area (Å²) in [5, 5.41) is 5.58. The summed E-state index contributed by atoms with van der Waals surface area (Å²) in [7, 11) is 1.58. The lowest BCUT2D eigenvalue weighted by molar-refractivity contribution is 0.102. The molecule has 0 unspecified atom stereocenters. The highest BCUT2D eigenvalue weighted by molar-refractivity contribution is 6.07. The number of aromatic nitrogens is 1. The van der Waals surface area contributed by atoms with Gasteiger partial charge in [-0.05, 0) is 60.5 Å². The fourth-order valence-corrected chi connectivity index (χ4v) is 2.59. The van der Waals surface area contributed by atoms with Crippen LogP contribution in [0.15, 0.2) is 66.9 Å². The van der Waals surface area contributed by atoms with Crippen LogP contribution in [-0.4, -0.2) is 23.9 Å². The first-order valence-corrected chi connectivity index (χ1v) is 8.91. The summed E-state index contributed by atoms with van der Waals surface area (Å²) in [5.41, 5.74) is 3.01. The van der Waals surface area contributed by atoms with Gasteiger partial charge in [0.25, 0.3) is 11.8 Å². The van der Waals surface area contributed by atoms with Gasteiger partial charge < -0.3 is 15.4 Å². The molecule has 6 nitrogen and oxygen atoms in total. The molecule has 2 N–H and O–H groups in total. The zero-order valence-corrected chi connectivity index (χ0v) is 15.7. The molecule has 0 radical (unpaired) electrons. The lowest BCUT2D eigenvalue weighted by Gasteiger charge is -2.08. The van der Waals surface area contributed by atoms with E-state index in [1.807, 2.05) is 24.3 Å². The first kappa shape index (κ1) is 19.1. The van der Waals surface area contributed by atoms with E-state index in [0.29, 0.717) is 22.7 Å². The van der Waals surface area contributed by atoms with Crippen molar-refractivity contribution in [2.24, 2.45) is 0 Å². The topological polar surface area (TPSA) is 80.3 Å². The fourth-order valence-electron chi connectivity index (χ4n) is 2.59. The van der Waals surface area contributed by atoms with Gasteiger partial charge in [0.05, 0.1) is 7.11 Å². The van der Waals surface area contributed by atoms with Crippen LogP contribution in [-0.2, 0) is 6.42 Å². The Hall–Kier alpha value is -3.67. The number of carbonyl (C=O) groups is 2. The number of methoxy groups -OCH3 is 1. The standard InChI is InChI=1S/C22H21N3O3/c1-3-15-4-6-17(7-5-15)25-22(27)20-14-16(12-13-23-20)21(26)24-18-8-10-19(28-2)11-9-18/h4-14H,3H2,1-2H3,(H,24,26)(H,25,27). The second kappa shape index (κ2) is 8.81. The summed E-state index contributed by atoms with van der Waals surface area (Å²) in [4.78, 5) is 29.0. The monoisotopic (exact) mass is 375 g/mol. The maximum atomic E-state index is 12.5. The van der Waals surface area contributed by atoms with Gasteiger partial charge in [0.2, 0.25) is 0 Å². The molecule has 1 aromatic heterocycles. The predicted octanol–water partition coefficient (Wildman–Crippen LogP) is 4.16. The number of anilines is 2. The minimum Gasteiger partial charge on any atom is -0.497 e. The highest BCUT2D eigenvalue weighted by Crippen LogP contribution is 2.16. The van der Waals surface area contributed by atoms with Crippen LogP contribution in [0.2, 0.25) is 0 Å². The van der Waals surface area contributed by atoms with Crippen molar-refractivity contribution in [3.05, 3.63) is 83.7 Å². The molecule has 0 saturated carbocycles. The first-order valence-electron chi connectivity index (χ1n) is 8.91. The van der Waals surface area contributed by atoms with Gasteiger partial charge in [-0.2, -0.15) is 0 Å². The van der Waals surface area contributed by atoms with Crippen molar-refractivity contribution in [2.75, 3.05) is 17.7 Å². The Morgan fingerprint density at radius 1 is 0.893 bits per heavy atom. The van der Waals surface area contributed by atoms with E-state index in [4.69, 9.17) is 4.74 Å². The van der Waals surface area contributed by atoms with Crippen LogP contribution in [0, 0.1) is 0 Å². The molecule has 0 atom stereocenters. The van der Waals surface area contributed by atoms with Crippen molar-refractivity contribution in [3.8, 4) is 5.75 Å². The van der Waals surface area contributed by atoms with Crippen LogP contribution in [0.25, 0.3) is 0 Å². The van der Waals surface area contributed by atoms with Gasteiger partial charge in [-0.3, -0.25) is 14.6 Å². The Morgan fingerprint density at radius 2 is 1.50 bits per heavy atom. The summed E-state index contributed by atoms with van der Waals surface area (Å²) in [6.45, 7) is 2.07. The molecule has 0 fully saturated rings. The minimum atomic E-state index is -0.372. The number of hydrogen-bond acceptors (Lipinski definition) is 4. The third-order valence-electron chi connectivity index (χ3n) is 4.22. The van der Waals surface area contributed by atoms with Crippen LogP contribution in [0.1, 0.15) is 33.3 Å². The zero-order valence-electron chi connectivity index (χ0n) is 15.7. The minimum absolute atomic E-state index is 0.168. The lowest BCUT2D eigenvalue weighted by Crippen LogP contribution is -2.17. The van der Waals surface area contributed by atoms with E-state index in [0.717, 1.165) is 6.42 Å². The van der Waals surface area contributed by atoms with E-state index < -0.39 is 0 Å². The molecule has 0 aliphatic heterocycles. The van der Waals surface area contributed by atoms with E-state index >= 15 is 0 Å². The SMILES string of the molecule is CCc1ccc(NC(=O)c2cc(C(=O)Nc3ccc(OC)cc3)ccn2)cc1. The maximum Gasteiger partial charge on any atom is 0.274 e. The maximum absolute atomic E-state index is 12.5. The quantitative estimate of drug-likeness (QED) is 0.678. The number of pyridine rings is 1. The Bertz CT molecular complexity index is 890. The van der Waals surface area contributed by atoms with Crippen LogP contribution in [0.3, 0.4) is 0 Å². The molecule has 0 bridgehead atoms. The molecule has 2 aromatic carbocycles. The van der Waals surface area contributed by atoms with Gasteiger partial charge in [-0.25, -0.2) is 0 Å². The van der Waals surface area contributed by atoms with Gasteiger partial charge in [0.15, 0.2) is 0 Å². The highest BCUT2D eigenvalue weighted by atomic mass is 16.5. The fraction of sp³-hybridized carbons (Fsp3) is 0.136. The third kappa shape index (κ3) is 4.73. The first-order chi connectivity index (χ1) is 13.6. The smallest absolute Gasteiger partial charge is 0.274 e. The molecule has 6 heteroatoms. The average molecular weight is 375 g/mol. The van der Waals surface area contributed by atoms with Gasteiger partial charge in [0.1, 0.15) is 11.4 Å². The number of carbonyl (C=O) groups excluding carboxylic acids is 2.